The van der Waals surface area contributed by atoms with E-state index < -0.39 is 0 Å². The van der Waals surface area contributed by atoms with Crippen LogP contribution in [0.3, 0.4) is 0 Å². The molecule has 0 aliphatic carbocycles. The van der Waals surface area contributed by atoms with Gasteiger partial charge in [-0.15, -0.1) is 24.0 Å². The van der Waals surface area contributed by atoms with Gasteiger partial charge < -0.3 is 15.4 Å². The third kappa shape index (κ3) is 6.60. The lowest BCUT2D eigenvalue weighted by Gasteiger charge is -2.30. The van der Waals surface area contributed by atoms with E-state index in [0.29, 0.717) is 13.1 Å². The van der Waals surface area contributed by atoms with E-state index in [2.05, 4.69) is 41.5 Å². The molecule has 2 N–H and O–H groups in total. The fourth-order valence-corrected chi connectivity index (χ4v) is 2.51. The Balaban J connectivity index is 0.00000338. The number of guanidine groups is 1. The summed E-state index contributed by atoms with van der Waals surface area (Å²) in [5.41, 5.74) is 2.06. The number of hydrogen-bond acceptors (Lipinski definition) is 3. The number of hydrogen-bond donors (Lipinski definition) is 2. The number of nitrogens with one attached hydrogen (secondary N) is 2. The van der Waals surface area contributed by atoms with E-state index in [0.717, 1.165) is 17.3 Å². The first-order chi connectivity index (χ1) is 11.9. The summed E-state index contributed by atoms with van der Waals surface area (Å²) >= 11 is 0. The SMILES string of the molecule is CN=C(NCc1ccn(-c2ccccc2)n1)NCC(OC)C(C)(C)C.I. The summed E-state index contributed by atoms with van der Waals surface area (Å²) in [4.78, 5) is 4.26. The number of rotatable bonds is 6. The van der Waals surface area contributed by atoms with E-state index in [1.54, 1.807) is 14.2 Å². The van der Waals surface area contributed by atoms with E-state index in [4.69, 9.17) is 4.74 Å². The van der Waals surface area contributed by atoms with Crippen molar-refractivity contribution in [3.8, 4) is 5.69 Å². The minimum Gasteiger partial charge on any atom is -0.379 e. The lowest BCUT2D eigenvalue weighted by atomic mass is 9.89. The van der Waals surface area contributed by atoms with E-state index in [9.17, 15) is 0 Å². The average Bonchev–Trinajstić information content (AvgIpc) is 3.06. The Morgan fingerprint density at radius 3 is 2.46 bits per heavy atom. The molecule has 144 valence electrons. The highest BCUT2D eigenvalue weighted by Crippen LogP contribution is 2.20. The zero-order valence-electron chi connectivity index (χ0n) is 16.2. The molecule has 7 heteroatoms. The van der Waals surface area contributed by atoms with E-state index >= 15 is 0 Å². The first-order valence-electron chi connectivity index (χ1n) is 8.51. The van der Waals surface area contributed by atoms with Crippen LogP contribution in [0.15, 0.2) is 47.6 Å². The number of ether oxygens (including phenoxy) is 1. The Bertz CT molecular complexity index is 679. The van der Waals surface area contributed by atoms with Gasteiger partial charge in [-0.3, -0.25) is 4.99 Å². The third-order valence-corrected chi connectivity index (χ3v) is 4.03. The molecule has 0 aliphatic rings. The molecule has 2 aromatic rings. The maximum absolute atomic E-state index is 5.56. The summed E-state index contributed by atoms with van der Waals surface area (Å²) in [6.45, 7) is 7.78. The van der Waals surface area contributed by atoms with Crippen LogP contribution in [0.4, 0.5) is 0 Å². The van der Waals surface area contributed by atoms with Crippen molar-refractivity contribution in [1.82, 2.24) is 20.4 Å². The molecule has 1 aromatic heterocycles. The molecule has 0 saturated heterocycles. The molecule has 0 radical (unpaired) electrons. The van der Waals surface area contributed by atoms with Gasteiger partial charge in [0, 0.05) is 26.9 Å². The molecule has 0 amide bonds. The second kappa shape index (κ2) is 10.5. The van der Waals surface area contributed by atoms with Crippen LogP contribution in [0.25, 0.3) is 5.69 Å². The number of halogens is 1. The Morgan fingerprint density at radius 2 is 1.88 bits per heavy atom. The zero-order valence-corrected chi connectivity index (χ0v) is 18.5. The molecule has 0 fully saturated rings. The van der Waals surface area contributed by atoms with Crippen LogP contribution in [0, 0.1) is 5.41 Å². The number of aliphatic imine (C=N–C) groups is 1. The van der Waals surface area contributed by atoms with Crippen LogP contribution in [0.2, 0.25) is 0 Å². The molecular formula is C19H30IN5O. The van der Waals surface area contributed by atoms with Crippen molar-refractivity contribution in [1.29, 1.82) is 0 Å². The van der Waals surface area contributed by atoms with Crippen molar-refractivity contribution >= 4 is 29.9 Å². The largest absolute Gasteiger partial charge is 0.379 e. The summed E-state index contributed by atoms with van der Waals surface area (Å²) in [5.74, 6) is 0.737. The van der Waals surface area contributed by atoms with Crippen molar-refractivity contribution in [2.75, 3.05) is 20.7 Å². The van der Waals surface area contributed by atoms with Gasteiger partial charge in [0.25, 0.3) is 0 Å². The Labute approximate surface area is 173 Å². The highest BCUT2D eigenvalue weighted by atomic mass is 127. The molecule has 0 aliphatic heterocycles. The Morgan fingerprint density at radius 1 is 1.19 bits per heavy atom. The van der Waals surface area contributed by atoms with Gasteiger partial charge in [0.2, 0.25) is 0 Å². The van der Waals surface area contributed by atoms with Crippen LogP contribution in [-0.2, 0) is 11.3 Å². The summed E-state index contributed by atoms with van der Waals surface area (Å²) in [6, 6.07) is 12.1. The Hall–Kier alpha value is -1.61. The first-order valence-corrected chi connectivity index (χ1v) is 8.51. The summed E-state index contributed by atoms with van der Waals surface area (Å²) < 4.78 is 7.43. The molecule has 1 atom stereocenters. The lowest BCUT2D eigenvalue weighted by Crippen LogP contribution is -2.45. The number of nitrogens with zero attached hydrogens (tertiary/aromatic N) is 3. The molecular weight excluding hydrogens is 441 g/mol. The summed E-state index contributed by atoms with van der Waals surface area (Å²) in [5, 5.41) is 11.2. The summed E-state index contributed by atoms with van der Waals surface area (Å²) in [7, 11) is 3.50. The maximum atomic E-state index is 5.56. The van der Waals surface area contributed by atoms with Crippen LogP contribution >= 0.6 is 24.0 Å². The zero-order chi connectivity index (χ0) is 18.3. The standard InChI is InChI=1S/C19H29N5O.HI/c1-19(2,3)17(25-5)14-22-18(20-4)21-13-15-11-12-24(23-15)16-9-7-6-8-10-16;/h6-12,17H,13-14H2,1-5H3,(H2,20,21,22);1H. The van der Waals surface area contributed by atoms with Crippen molar-refractivity contribution in [2.45, 2.75) is 33.4 Å². The molecule has 0 saturated carbocycles. The molecule has 1 heterocycles. The highest BCUT2D eigenvalue weighted by Gasteiger charge is 2.24. The van der Waals surface area contributed by atoms with E-state index in [1.807, 2.05) is 47.3 Å². The fraction of sp³-hybridized carbons (Fsp3) is 0.474. The normalized spacial score (nSPS) is 13.0. The van der Waals surface area contributed by atoms with Gasteiger partial charge in [-0.25, -0.2) is 4.68 Å². The molecule has 0 spiro atoms. The van der Waals surface area contributed by atoms with Crippen LogP contribution in [0.5, 0.6) is 0 Å². The fourth-order valence-electron chi connectivity index (χ4n) is 2.51. The van der Waals surface area contributed by atoms with Gasteiger partial charge in [0.05, 0.1) is 24.0 Å². The summed E-state index contributed by atoms with van der Waals surface area (Å²) in [6.07, 6.45) is 2.06. The topological polar surface area (TPSA) is 63.5 Å². The average molecular weight is 471 g/mol. The molecule has 1 aromatic carbocycles. The van der Waals surface area contributed by atoms with E-state index in [-0.39, 0.29) is 35.5 Å². The minimum absolute atomic E-state index is 0. The van der Waals surface area contributed by atoms with Gasteiger partial charge in [0.1, 0.15) is 0 Å². The second-order valence-electron chi connectivity index (χ2n) is 6.98. The van der Waals surface area contributed by atoms with Crippen molar-refractivity contribution in [3.63, 3.8) is 0 Å². The van der Waals surface area contributed by atoms with Crippen LogP contribution < -0.4 is 10.6 Å². The first kappa shape index (κ1) is 22.4. The highest BCUT2D eigenvalue weighted by molar-refractivity contribution is 14.0. The van der Waals surface area contributed by atoms with Crippen molar-refractivity contribution in [2.24, 2.45) is 10.4 Å². The monoisotopic (exact) mass is 471 g/mol. The smallest absolute Gasteiger partial charge is 0.191 e. The third-order valence-electron chi connectivity index (χ3n) is 4.03. The van der Waals surface area contributed by atoms with Gasteiger partial charge in [-0.2, -0.15) is 5.10 Å². The number of benzene rings is 1. The number of aromatic nitrogens is 2. The van der Waals surface area contributed by atoms with Gasteiger partial charge >= 0.3 is 0 Å². The van der Waals surface area contributed by atoms with Crippen molar-refractivity contribution in [3.05, 3.63) is 48.3 Å². The predicted molar refractivity (Wildman–Crippen MR) is 117 cm³/mol. The maximum Gasteiger partial charge on any atom is 0.191 e. The van der Waals surface area contributed by atoms with Crippen LogP contribution in [0.1, 0.15) is 26.5 Å². The van der Waals surface area contributed by atoms with Gasteiger partial charge in [0.15, 0.2) is 5.96 Å². The molecule has 1 unspecified atom stereocenters. The second-order valence-corrected chi connectivity index (χ2v) is 6.98. The van der Waals surface area contributed by atoms with Crippen molar-refractivity contribution < 1.29 is 4.74 Å². The molecule has 26 heavy (non-hydrogen) atoms. The van der Waals surface area contributed by atoms with Gasteiger partial charge in [-0.05, 0) is 23.6 Å². The van der Waals surface area contributed by atoms with Gasteiger partial charge in [-0.1, -0.05) is 39.0 Å². The molecule has 6 nitrogen and oxygen atoms in total. The van der Waals surface area contributed by atoms with Crippen LogP contribution in [-0.4, -0.2) is 42.5 Å². The molecule has 2 rings (SSSR count). The minimum atomic E-state index is 0. The molecule has 0 bridgehead atoms. The Kier molecular flexibility index (Phi) is 9.07. The predicted octanol–water partition coefficient (Wildman–Crippen LogP) is 3.22. The number of para-hydroxylation sites is 1. The lowest BCUT2D eigenvalue weighted by molar-refractivity contribution is 0.0205. The number of methoxy groups -OCH3 is 1. The van der Waals surface area contributed by atoms with E-state index in [1.165, 1.54) is 0 Å². The quantitative estimate of drug-likeness (QED) is 0.386.